The smallest absolute Gasteiger partial charge is 0.326 e. The standard InChI is InChI=1S/C64H100N22O21S2/c65-18-4-3-11-39(62(106)107)81-57(101)43(29-88)77-47(89)26-74-51(95)44(31-109)84-53(97)37(13-6-20-72-64(69)70)78-55(99)40(24-50(93)94)82-52(96)36(12-5-19-71-63(67)68)79-56(100)42(28-87)76-48(90)27-75-58(102)45-14-7-22-86(45)61(105)41(23-32-25-73-35-10-2-1-9-33(32)35)83-54(98)38(16-17-49(91)92)80-59(103)46-15-8-21-85(46)60(104)34(66)30-108/h1-2,9-10,25,34,36-46,73,87-88,108-109H,3-8,11-24,26-31,65-66H2,(H,74,95)(H,75,102)(H,76,90)(H,77,89)(H,78,99)(H,79,100)(H,80,103)(H,81,101)(H,82,96)(H,83,98)(H,84,97)(H,91,92)(H,93,94)(H,106,107)(H4,67,68,71)(H4,69,70,72)/t34-,36-,37-,38-,39-,40-,41-,42-,43-,44-,45-,46-/m0/s1. The highest BCUT2D eigenvalue weighted by Gasteiger charge is 2.42. The summed E-state index contributed by atoms with van der Waals surface area (Å²) in [6.07, 6.45) is 0.0183. The van der Waals surface area contributed by atoms with Gasteiger partial charge in [0.05, 0.1) is 38.8 Å². The first-order valence-electron chi connectivity index (χ1n) is 34.9. The first-order valence-corrected chi connectivity index (χ1v) is 36.1. The molecule has 1 aromatic carbocycles. The predicted molar refractivity (Wildman–Crippen MR) is 394 cm³/mol. The minimum atomic E-state index is -2.06. The molecule has 0 bridgehead atoms. The average Bonchev–Trinajstić information content (AvgIpc) is 1.69. The number of nitrogens with two attached hydrogens (primary N) is 6. The lowest BCUT2D eigenvalue weighted by Crippen LogP contribution is -2.60. The van der Waals surface area contributed by atoms with Gasteiger partial charge in [-0.15, -0.1) is 0 Å². The summed E-state index contributed by atoms with van der Waals surface area (Å²) in [6.45, 7) is -3.78. The highest BCUT2D eigenvalue weighted by molar-refractivity contribution is 7.80. The van der Waals surface area contributed by atoms with E-state index in [0.717, 1.165) is 0 Å². The molecule has 0 spiro atoms. The van der Waals surface area contributed by atoms with Gasteiger partial charge in [-0.25, -0.2) is 4.79 Å². The van der Waals surface area contributed by atoms with Crippen LogP contribution in [0.5, 0.6) is 0 Å². The van der Waals surface area contributed by atoms with E-state index in [-0.39, 0.29) is 108 Å². The molecule has 109 heavy (non-hydrogen) atoms. The topological polar surface area (TPSA) is 710 Å². The van der Waals surface area contributed by atoms with Crippen LogP contribution in [0.15, 0.2) is 40.4 Å². The second kappa shape index (κ2) is 46.5. The predicted octanol–water partition coefficient (Wildman–Crippen LogP) is -9.88. The van der Waals surface area contributed by atoms with Crippen LogP contribution in [-0.4, -0.2) is 290 Å². The maximum absolute atomic E-state index is 14.8. The van der Waals surface area contributed by atoms with Crippen LogP contribution in [0.25, 0.3) is 10.9 Å². The van der Waals surface area contributed by atoms with Crippen molar-refractivity contribution in [2.45, 2.75) is 169 Å². The van der Waals surface area contributed by atoms with Crippen molar-refractivity contribution in [2.24, 2.45) is 44.4 Å². The highest BCUT2D eigenvalue weighted by atomic mass is 32.1. The van der Waals surface area contributed by atoms with Crippen LogP contribution in [0.4, 0.5) is 0 Å². The van der Waals surface area contributed by atoms with Gasteiger partial charge >= 0.3 is 17.9 Å². The molecule has 0 radical (unpaired) electrons. The van der Waals surface area contributed by atoms with Gasteiger partial charge in [0, 0.05) is 67.6 Å². The molecule has 13 amide bonds. The van der Waals surface area contributed by atoms with Crippen LogP contribution in [0.2, 0.25) is 0 Å². The second-order valence-electron chi connectivity index (χ2n) is 25.4. The Morgan fingerprint density at radius 1 is 0.514 bits per heavy atom. The van der Waals surface area contributed by atoms with Gasteiger partial charge in [0.25, 0.3) is 0 Å². The minimum Gasteiger partial charge on any atom is -0.481 e. The van der Waals surface area contributed by atoms with Crippen molar-refractivity contribution in [2.75, 3.05) is 70.5 Å². The number of aromatic nitrogens is 1. The number of nitrogens with zero attached hydrogens (tertiary/aromatic N) is 4. The summed E-state index contributed by atoms with van der Waals surface area (Å²) in [7, 11) is 0. The summed E-state index contributed by atoms with van der Waals surface area (Å²) in [6, 6.07) is -11.4. The van der Waals surface area contributed by atoms with Crippen LogP contribution in [0.3, 0.4) is 0 Å². The van der Waals surface area contributed by atoms with Crippen molar-refractivity contribution < 1.29 is 102 Å². The maximum Gasteiger partial charge on any atom is 0.326 e. The van der Waals surface area contributed by atoms with Crippen LogP contribution in [0.1, 0.15) is 95.5 Å². The van der Waals surface area contributed by atoms with Gasteiger partial charge in [-0.1, -0.05) is 18.2 Å². The number of likely N-dealkylation sites (tertiary alicyclic amines) is 2. The Morgan fingerprint density at radius 2 is 0.982 bits per heavy atom. The number of hydrogen-bond acceptors (Lipinski definition) is 24. The van der Waals surface area contributed by atoms with E-state index in [4.69, 9.17) is 34.4 Å². The van der Waals surface area contributed by atoms with Gasteiger partial charge in [0.1, 0.15) is 66.5 Å². The van der Waals surface area contributed by atoms with Crippen LogP contribution in [-0.2, 0) is 83.1 Å². The fraction of sp³-hybridized carbons (Fsp3) is 0.594. The fourth-order valence-corrected chi connectivity index (χ4v) is 12.0. The number of aliphatic hydroxyl groups excluding tert-OH is 2. The molecule has 0 aliphatic carbocycles. The van der Waals surface area contributed by atoms with Crippen molar-refractivity contribution in [3.63, 3.8) is 0 Å². The molecule has 45 heteroatoms. The van der Waals surface area contributed by atoms with E-state index < -0.39 is 219 Å². The van der Waals surface area contributed by atoms with E-state index >= 15 is 0 Å². The number of nitrogens with one attached hydrogen (secondary N) is 12. The number of unbranched alkanes of at least 4 members (excludes halogenated alkanes) is 1. The van der Waals surface area contributed by atoms with Crippen LogP contribution < -0.4 is 92.9 Å². The maximum atomic E-state index is 14.8. The fourth-order valence-electron chi connectivity index (χ4n) is 11.6. The number of guanidine groups is 2. The Bertz CT molecular complexity index is 3600. The highest BCUT2D eigenvalue weighted by Crippen LogP contribution is 2.24. The number of aliphatic carboxylic acids is 3. The number of aliphatic hydroxyl groups is 2. The summed E-state index contributed by atoms with van der Waals surface area (Å²) in [5.41, 5.74) is 34.5. The number of hydrogen-bond donors (Lipinski definition) is 25. The number of carboxylic acid groups (broad SMARTS) is 3. The average molecular weight is 1580 g/mol. The number of fused-ring (bicyclic) bond motifs is 1. The molecule has 2 saturated heterocycles. The zero-order chi connectivity index (χ0) is 81.0. The Balaban J connectivity index is 1.49. The number of para-hydroxylation sites is 1. The molecule has 604 valence electrons. The van der Waals surface area contributed by atoms with E-state index in [0.29, 0.717) is 35.7 Å². The van der Waals surface area contributed by atoms with E-state index in [1.54, 1.807) is 30.5 Å². The van der Waals surface area contributed by atoms with Gasteiger partial charge in [0.15, 0.2) is 11.9 Å². The Morgan fingerprint density at radius 3 is 1.49 bits per heavy atom. The minimum absolute atomic E-state index is 0.0124. The molecule has 3 heterocycles. The van der Waals surface area contributed by atoms with E-state index in [1.807, 2.05) is 0 Å². The molecule has 43 nitrogen and oxygen atoms in total. The second-order valence-corrected chi connectivity index (χ2v) is 26.2. The molecule has 2 aliphatic rings. The van der Waals surface area contributed by atoms with E-state index in [2.05, 4.69) is 98.7 Å². The molecular formula is C64H100N22O21S2. The normalized spacial score (nSPS) is 16.6. The van der Waals surface area contributed by atoms with Gasteiger partial charge < -0.3 is 133 Å². The largest absolute Gasteiger partial charge is 0.481 e. The monoisotopic (exact) mass is 1580 g/mol. The summed E-state index contributed by atoms with van der Waals surface area (Å²) in [5.74, 6) is -18.7. The number of benzene rings is 1. The number of aromatic amines is 1. The third-order valence-corrected chi connectivity index (χ3v) is 18.0. The molecule has 12 atom stereocenters. The molecule has 4 rings (SSSR count). The zero-order valence-electron chi connectivity index (χ0n) is 59.6. The molecular weight excluding hydrogens is 1480 g/mol. The summed E-state index contributed by atoms with van der Waals surface area (Å²) >= 11 is 8.21. The summed E-state index contributed by atoms with van der Waals surface area (Å²) < 4.78 is 0. The summed E-state index contributed by atoms with van der Waals surface area (Å²) in [4.78, 5) is 228. The number of rotatable bonds is 48. The third-order valence-electron chi connectivity index (χ3n) is 17.2. The third kappa shape index (κ3) is 30.2. The lowest BCUT2D eigenvalue weighted by atomic mass is 10.0. The first-order chi connectivity index (χ1) is 51.8. The molecule has 2 aliphatic heterocycles. The first kappa shape index (κ1) is 90.7. The number of carbonyl (C=O) groups is 16. The van der Waals surface area contributed by atoms with Gasteiger partial charge in [-0.3, -0.25) is 81.9 Å². The molecule has 0 unspecified atom stereocenters. The number of amides is 13. The van der Waals surface area contributed by atoms with Crippen molar-refractivity contribution in [1.29, 1.82) is 0 Å². The Kier molecular flexibility index (Phi) is 38.8. The number of carboxylic acids is 3. The lowest BCUT2D eigenvalue weighted by Gasteiger charge is -2.31. The van der Waals surface area contributed by atoms with Gasteiger partial charge in [0.2, 0.25) is 76.8 Å². The molecule has 2 fully saturated rings. The molecule has 1 aromatic heterocycles. The number of aliphatic imine (C=N–C) groups is 2. The molecule has 2 aromatic rings. The Labute approximate surface area is 635 Å². The van der Waals surface area contributed by atoms with Crippen LogP contribution >= 0.6 is 25.3 Å². The van der Waals surface area contributed by atoms with Crippen molar-refractivity contribution in [3.8, 4) is 0 Å². The van der Waals surface area contributed by atoms with E-state index in [1.165, 1.54) is 9.80 Å². The Hall–Kier alpha value is -10.6. The van der Waals surface area contributed by atoms with Gasteiger partial charge in [-0.05, 0) is 95.2 Å². The number of H-pyrrole nitrogens is 1. The van der Waals surface area contributed by atoms with E-state index in [9.17, 15) is 102 Å². The zero-order valence-corrected chi connectivity index (χ0v) is 61.4. The van der Waals surface area contributed by atoms with Gasteiger partial charge in [-0.2, -0.15) is 25.3 Å². The molecule has 29 N–H and O–H groups in total. The summed E-state index contributed by atoms with van der Waals surface area (Å²) in [5, 5.41) is 75.7. The quantitative estimate of drug-likeness (QED) is 0.0127. The SMILES string of the molecule is NCCCC[C@H](NC(=O)[C@H](CO)NC(=O)CNC(=O)[C@H](CS)NC(=O)[C@H](CCCN=C(N)N)NC(=O)[C@H](CC(=O)O)NC(=O)[C@H](CCCN=C(N)N)NC(=O)[C@H](CO)NC(=O)CNC(=O)[C@@H]1CCCN1C(=O)[C@H](Cc1c[nH]c2ccccc12)NC(=O)[C@H](CCC(=O)O)NC(=O)[C@@H]1CCCN1C(=O)[C@@H](N)CS)C(=O)O. The van der Waals surface area contributed by atoms with Crippen LogP contribution in [0, 0.1) is 0 Å². The van der Waals surface area contributed by atoms with Crippen molar-refractivity contribution >= 4 is 143 Å². The number of carbonyl (C=O) groups excluding carboxylic acids is 13. The lowest BCUT2D eigenvalue weighted by molar-refractivity contribution is -0.143. The van der Waals surface area contributed by atoms with Crippen molar-refractivity contribution in [1.82, 2.24) is 73.3 Å². The van der Waals surface area contributed by atoms with Crippen molar-refractivity contribution in [3.05, 3.63) is 36.0 Å². The molecule has 0 saturated carbocycles. The number of thiol groups is 2.